The minimum absolute atomic E-state index is 0.0328. The molecule has 1 fully saturated rings. The topological polar surface area (TPSA) is 87.6 Å². The Morgan fingerprint density at radius 2 is 2.50 bits per heavy atom. The third-order valence-electron chi connectivity index (χ3n) is 2.70. The number of hydrogen-bond acceptors (Lipinski definition) is 5. The van der Waals surface area contributed by atoms with Crippen molar-refractivity contribution in [3.8, 4) is 5.88 Å². The molecule has 0 saturated carbocycles. The van der Waals surface area contributed by atoms with Crippen LogP contribution in [0.4, 0.5) is 10.6 Å². The number of methoxy groups -OCH3 is 1. The van der Waals surface area contributed by atoms with Gasteiger partial charge in [-0.15, -0.1) is 0 Å². The van der Waals surface area contributed by atoms with E-state index >= 15 is 0 Å². The van der Waals surface area contributed by atoms with Crippen LogP contribution in [0.5, 0.6) is 5.88 Å². The fourth-order valence-corrected chi connectivity index (χ4v) is 2.10. The van der Waals surface area contributed by atoms with E-state index < -0.39 is 6.09 Å². The van der Waals surface area contributed by atoms with E-state index in [1.165, 1.54) is 12.0 Å². The molecule has 1 amide bonds. The van der Waals surface area contributed by atoms with Gasteiger partial charge >= 0.3 is 6.09 Å². The van der Waals surface area contributed by atoms with Crippen LogP contribution in [0.25, 0.3) is 0 Å². The summed E-state index contributed by atoms with van der Waals surface area (Å²) in [6.45, 7) is 0.968. The third kappa shape index (κ3) is 2.81. The Morgan fingerprint density at radius 3 is 3.11 bits per heavy atom. The molecule has 0 bridgehead atoms. The largest absolute Gasteiger partial charge is 0.478 e. The van der Waals surface area contributed by atoms with Gasteiger partial charge in [-0.2, -0.15) is 0 Å². The van der Waals surface area contributed by atoms with Crippen molar-refractivity contribution in [1.82, 2.24) is 14.9 Å². The monoisotopic (exact) mass is 316 g/mol. The highest BCUT2D eigenvalue weighted by atomic mass is 79.9. The summed E-state index contributed by atoms with van der Waals surface area (Å²) < 4.78 is 5.70. The molecule has 2 heterocycles. The van der Waals surface area contributed by atoms with E-state index in [1.807, 2.05) is 0 Å². The molecule has 2 N–H and O–H groups in total. The average molecular weight is 317 g/mol. The van der Waals surface area contributed by atoms with Crippen LogP contribution < -0.4 is 10.1 Å². The van der Waals surface area contributed by atoms with Crippen LogP contribution in [-0.4, -0.2) is 52.3 Å². The summed E-state index contributed by atoms with van der Waals surface area (Å²) in [6, 6.07) is 0.0328. The molecule has 98 valence electrons. The van der Waals surface area contributed by atoms with Gasteiger partial charge in [0, 0.05) is 19.1 Å². The Hall–Kier alpha value is -1.57. The summed E-state index contributed by atoms with van der Waals surface area (Å²) in [7, 11) is 1.51. The van der Waals surface area contributed by atoms with Gasteiger partial charge in [-0.25, -0.2) is 14.8 Å². The van der Waals surface area contributed by atoms with E-state index in [9.17, 15) is 4.79 Å². The number of rotatable bonds is 3. The molecule has 0 spiro atoms. The smallest absolute Gasteiger partial charge is 0.407 e. The zero-order valence-corrected chi connectivity index (χ0v) is 11.3. The Labute approximate surface area is 112 Å². The van der Waals surface area contributed by atoms with Gasteiger partial charge < -0.3 is 20.1 Å². The van der Waals surface area contributed by atoms with Crippen molar-refractivity contribution in [1.29, 1.82) is 0 Å². The highest BCUT2D eigenvalue weighted by molar-refractivity contribution is 9.10. The van der Waals surface area contributed by atoms with Gasteiger partial charge in [0.05, 0.1) is 13.3 Å². The minimum Gasteiger partial charge on any atom is -0.478 e. The van der Waals surface area contributed by atoms with Crippen LogP contribution in [0, 0.1) is 0 Å². The lowest BCUT2D eigenvalue weighted by atomic mass is 10.2. The van der Waals surface area contributed by atoms with Crippen molar-refractivity contribution in [2.45, 2.75) is 12.5 Å². The molecule has 1 aliphatic rings. The zero-order chi connectivity index (χ0) is 13.1. The first-order chi connectivity index (χ1) is 8.60. The summed E-state index contributed by atoms with van der Waals surface area (Å²) in [5, 5.41) is 12.0. The number of carbonyl (C=O) groups is 1. The first kappa shape index (κ1) is 12.9. The Morgan fingerprint density at radius 1 is 1.72 bits per heavy atom. The molecule has 1 saturated heterocycles. The van der Waals surface area contributed by atoms with Crippen LogP contribution >= 0.6 is 15.9 Å². The second kappa shape index (κ2) is 5.38. The van der Waals surface area contributed by atoms with E-state index in [0.29, 0.717) is 29.4 Å². The molecule has 2 rings (SSSR count). The molecule has 8 heteroatoms. The van der Waals surface area contributed by atoms with Crippen molar-refractivity contribution >= 4 is 27.8 Å². The lowest BCUT2D eigenvalue weighted by molar-refractivity contribution is 0.155. The standard InChI is InChI=1S/C10H13BrN4O3/c1-18-9-8(12-4-7(11)14-9)13-6-2-3-15(5-6)10(16)17/h4,6H,2-3,5H2,1H3,(H,12,13)(H,16,17). The second-order valence-electron chi connectivity index (χ2n) is 3.91. The quantitative estimate of drug-likeness (QED) is 0.876. The summed E-state index contributed by atoms with van der Waals surface area (Å²) in [5.41, 5.74) is 0. The van der Waals surface area contributed by atoms with Crippen LogP contribution in [0.3, 0.4) is 0 Å². The predicted octanol–water partition coefficient (Wildman–Crippen LogP) is 1.41. The maximum atomic E-state index is 10.8. The SMILES string of the molecule is COc1nc(Br)cnc1NC1CCN(C(=O)O)C1. The van der Waals surface area contributed by atoms with Gasteiger partial charge in [-0.05, 0) is 22.4 Å². The number of halogens is 1. The Balaban J connectivity index is 2.04. The van der Waals surface area contributed by atoms with Crippen LogP contribution in [0.2, 0.25) is 0 Å². The number of nitrogens with one attached hydrogen (secondary N) is 1. The molecule has 1 aliphatic heterocycles. The van der Waals surface area contributed by atoms with Gasteiger partial charge in [-0.1, -0.05) is 0 Å². The third-order valence-corrected chi connectivity index (χ3v) is 3.09. The van der Waals surface area contributed by atoms with E-state index in [1.54, 1.807) is 6.20 Å². The second-order valence-corrected chi connectivity index (χ2v) is 4.72. The number of carboxylic acid groups (broad SMARTS) is 1. The first-order valence-corrected chi connectivity index (χ1v) is 6.20. The van der Waals surface area contributed by atoms with E-state index in [-0.39, 0.29) is 6.04 Å². The number of anilines is 1. The van der Waals surface area contributed by atoms with Gasteiger partial charge in [0.1, 0.15) is 4.60 Å². The molecule has 0 aromatic carbocycles. The molecule has 1 atom stereocenters. The molecule has 0 aliphatic carbocycles. The maximum absolute atomic E-state index is 10.8. The van der Waals surface area contributed by atoms with Crippen molar-refractivity contribution < 1.29 is 14.6 Å². The van der Waals surface area contributed by atoms with E-state index in [2.05, 4.69) is 31.2 Å². The lowest BCUT2D eigenvalue weighted by Crippen LogP contribution is -2.30. The highest BCUT2D eigenvalue weighted by Gasteiger charge is 2.26. The van der Waals surface area contributed by atoms with Crippen molar-refractivity contribution in [3.05, 3.63) is 10.8 Å². The number of hydrogen-bond donors (Lipinski definition) is 2. The van der Waals surface area contributed by atoms with Gasteiger partial charge in [0.15, 0.2) is 5.82 Å². The maximum Gasteiger partial charge on any atom is 0.407 e. The summed E-state index contributed by atoms with van der Waals surface area (Å²) in [6.07, 6.45) is 1.41. The number of likely N-dealkylation sites (tertiary alicyclic amines) is 1. The number of aromatic nitrogens is 2. The summed E-state index contributed by atoms with van der Waals surface area (Å²) in [4.78, 5) is 20.5. The molecule has 0 radical (unpaired) electrons. The van der Waals surface area contributed by atoms with E-state index in [0.717, 1.165) is 6.42 Å². The molecule has 1 aromatic rings. The molecule has 1 unspecified atom stereocenters. The number of ether oxygens (including phenoxy) is 1. The summed E-state index contributed by atoms with van der Waals surface area (Å²) >= 11 is 3.21. The molecular weight excluding hydrogens is 304 g/mol. The van der Waals surface area contributed by atoms with E-state index in [4.69, 9.17) is 9.84 Å². The molecule has 1 aromatic heterocycles. The number of nitrogens with zero attached hydrogens (tertiary/aromatic N) is 3. The predicted molar refractivity (Wildman–Crippen MR) is 67.9 cm³/mol. The van der Waals surface area contributed by atoms with Gasteiger partial charge in [-0.3, -0.25) is 0 Å². The average Bonchev–Trinajstić information content (AvgIpc) is 2.80. The highest BCUT2D eigenvalue weighted by Crippen LogP contribution is 2.23. The number of amides is 1. The van der Waals surface area contributed by atoms with Crippen molar-refractivity contribution in [2.24, 2.45) is 0 Å². The fraction of sp³-hybridized carbons (Fsp3) is 0.500. The molecule has 7 nitrogen and oxygen atoms in total. The van der Waals surface area contributed by atoms with Crippen molar-refractivity contribution in [2.75, 3.05) is 25.5 Å². The first-order valence-electron chi connectivity index (χ1n) is 5.41. The normalized spacial score (nSPS) is 18.8. The van der Waals surface area contributed by atoms with Crippen LogP contribution in [0.15, 0.2) is 10.8 Å². The zero-order valence-electron chi connectivity index (χ0n) is 9.76. The van der Waals surface area contributed by atoms with Crippen LogP contribution in [0.1, 0.15) is 6.42 Å². The van der Waals surface area contributed by atoms with Gasteiger partial charge in [0.2, 0.25) is 0 Å². The lowest BCUT2D eigenvalue weighted by Gasteiger charge is -2.15. The molecular formula is C10H13BrN4O3. The fourth-order valence-electron chi connectivity index (χ4n) is 1.84. The molecule has 18 heavy (non-hydrogen) atoms. The van der Waals surface area contributed by atoms with Crippen molar-refractivity contribution in [3.63, 3.8) is 0 Å². The Kier molecular flexibility index (Phi) is 3.85. The Bertz CT molecular complexity index is 457. The summed E-state index contributed by atoms with van der Waals surface area (Å²) in [5.74, 6) is 0.913. The minimum atomic E-state index is -0.895. The van der Waals surface area contributed by atoms with Crippen LogP contribution in [-0.2, 0) is 0 Å². The van der Waals surface area contributed by atoms with Gasteiger partial charge in [0.25, 0.3) is 5.88 Å².